The van der Waals surface area contributed by atoms with Gasteiger partial charge < -0.3 is 14.6 Å². The maximum atomic E-state index is 12.1. The van der Waals surface area contributed by atoms with E-state index in [-0.39, 0.29) is 17.9 Å². The van der Waals surface area contributed by atoms with Crippen LogP contribution in [0.4, 0.5) is 0 Å². The van der Waals surface area contributed by atoms with Gasteiger partial charge in [0.2, 0.25) is 0 Å². The molecule has 2 rings (SSSR count). The van der Waals surface area contributed by atoms with Gasteiger partial charge in [0.15, 0.2) is 11.5 Å². The molecule has 2 aromatic carbocycles. The smallest absolute Gasteiger partial charge is 0.342 e. The minimum absolute atomic E-state index is 0.157. The van der Waals surface area contributed by atoms with Crippen LogP contribution >= 0.6 is 0 Å². The van der Waals surface area contributed by atoms with E-state index in [1.807, 2.05) is 43.3 Å². The number of carbonyl (C=O) groups excluding carboxylic acids is 1. The van der Waals surface area contributed by atoms with Crippen molar-refractivity contribution in [2.45, 2.75) is 20.8 Å². The maximum Gasteiger partial charge on any atom is 0.342 e. The lowest BCUT2D eigenvalue weighted by Gasteiger charge is -2.17. The molecule has 0 bridgehead atoms. The summed E-state index contributed by atoms with van der Waals surface area (Å²) in [5.41, 5.74) is 2.48. The molecule has 116 valence electrons. The zero-order valence-electron chi connectivity index (χ0n) is 13.1. The highest BCUT2D eigenvalue weighted by Gasteiger charge is 2.23. The van der Waals surface area contributed by atoms with E-state index in [1.54, 1.807) is 13.8 Å². The number of hydrogen-bond acceptors (Lipinski definition) is 4. The van der Waals surface area contributed by atoms with Crippen LogP contribution in [0.5, 0.6) is 11.5 Å². The van der Waals surface area contributed by atoms with Crippen LogP contribution in [0.3, 0.4) is 0 Å². The number of benzene rings is 2. The molecular formula is C18H20O4. The molecule has 22 heavy (non-hydrogen) atoms. The van der Waals surface area contributed by atoms with Gasteiger partial charge in [0.1, 0.15) is 5.56 Å². The molecule has 0 aliphatic heterocycles. The third kappa shape index (κ3) is 3.06. The Kier molecular flexibility index (Phi) is 5.04. The van der Waals surface area contributed by atoms with E-state index >= 15 is 0 Å². The van der Waals surface area contributed by atoms with Crippen molar-refractivity contribution in [2.75, 3.05) is 13.2 Å². The Balaban J connectivity index is 2.64. The van der Waals surface area contributed by atoms with Crippen LogP contribution < -0.4 is 4.74 Å². The van der Waals surface area contributed by atoms with E-state index in [2.05, 4.69) is 0 Å². The minimum atomic E-state index is -0.543. The van der Waals surface area contributed by atoms with Crippen molar-refractivity contribution in [3.8, 4) is 22.6 Å². The van der Waals surface area contributed by atoms with Crippen molar-refractivity contribution in [2.24, 2.45) is 0 Å². The molecule has 0 saturated heterocycles. The van der Waals surface area contributed by atoms with Crippen LogP contribution in [0, 0.1) is 6.92 Å². The van der Waals surface area contributed by atoms with Gasteiger partial charge in [0, 0.05) is 5.56 Å². The third-order valence-electron chi connectivity index (χ3n) is 3.30. The summed E-state index contributed by atoms with van der Waals surface area (Å²) in [7, 11) is 0. The number of hydrogen-bond donors (Lipinski definition) is 1. The van der Waals surface area contributed by atoms with E-state index in [0.717, 1.165) is 11.1 Å². The highest BCUT2D eigenvalue weighted by Crippen LogP contribution is 2.42. The summed E-state index contributed by atoms with van der Waals surface area (Å²) in [6.45, 7) is 5.97. The first kappa shape index (κ1) is 15.9. The van der Waals surface area contributed by atoms with Gasteiger partial charge in [-0.15, -0.1) is 0 Å². The number of aryl methyl sites for hydroxylation is 1. The molecule has 4 heteroatoms. The highest BCUT2D eigenvalue weighted by molar-refractivity contribution is 5.97. The lowest BCUT2D eigenvalue weighted by Crippen LogP contribution is -2.09. The van der Waals surface area contributed by atoms with Gasteiger partial charge in [-0.3, -0.25) is 0 Å². The predicted octanol–water partition coefficient (Wildman–Crippen LogP) is 3.94. The molecule has 0 unspecified atom stereocenters. The summed E-state index contributed by atoms with van der Waals surface area (Å²) < 4.78 is 10.6. The van der Waals surface area contributed by atoms with Crippen molar-refractivity contribution >= 4 is 5.97 Å². The lowest BCUT2D eigenvalue weighted by molar-refractivity contribution is 0.0521. The SMILES string of the molecule is CCOC(=O)c1c(C)cc(-c2ccccc2)c(OCC)c1O. The number of ether oxygens (including phenoxy) is 2. The molecule has 0 atom stereocenters. The van der Waals surface area contributed by atoms with E-state index in [1.165, 1.54) is 0 Å². The standard InChI is InChI=1S/C18H20O4/c1-4-21-17-14(13-9-7-6-8-10-13)11-12(3)15(16(17)19)18(20)22-5-2/h6-11,19H,4-5H2,1-3H3. The molecule has 0 radical (unpaired) electrons. The van der Waals surface area contributed by atoms with E-state index in [9.17, 15) is 9.90 Å². The normalized spacial score (nSPS) is 10.3. The van der Waals surface area contributed by atoms with Gasteiger partial charge in [-0.2, -0.15) is 0 Å². The Hall–Kier alpha value is -2.49. The molecule has 0 aromatic heterocycles. The second kappa shape index (κ2) is 6.98. The Bertz CT molecular complexity index is 663. The van der Waals surface area contributed by atoms with Crippen LogP contribution in [-0.4, -0.2) is 24.3 Å². The van der Waals surface area contributed by atoms with Crippen LogP contribution in [0.15, 0.2) is 36.4 Å². The van der Waals surface area contributed by atoms with E-state index in [0.29, 0.717) is 17.9 Å². The summed E-state index contributed by atoms with van der Waals surface area (Å²) in [4.78, 5) is 12.1. The van der Waals surface area contributed by atoms with Crippen molar-refractivity contribution in [1.82, 2.24) is 0 Å². The molecule has 0 aliphatic carbocycles. The topological polar surface area (TPSA) is 55.8 Å². The Morgan fingerprint density at radius 1 is 1.14 bits per heavy atom. The lowest BCUT2D eigenvalue weighted by atomic mass is 9.97. The number of carbonyl (C=O) groups is 1. The molecule has 0 fully saturated rings. The largest absolute Gasteiger partial charge is 0.504 e. The monoisotopic (exact) mass is 300 g/mol. The van der Waals surface area contributed by atoms with Crippen molar-refractivity contribution in [3.05, 3.63) is 47.5 Å². The van der Waals surface area contributed by atoms with Crippen molar-refractivity contribution < 1.29 is 19.4 Å². The first-order valence-electron chi connectivity index (χ1n) is 7.32. The van der Waals surface area contributed by atoms with Crippen molar-refractivity contribution in [3.63, 3.8) is 0 Å². The summed E-state index contributed by atoms with van der Waals surface area (Å²) in [6, 6.07) is 11.4. The molecule has 0 aliphatic rings. The van der Waals surface area contributed by atoms with Gasteiger partial charge >= 0.3 is 5.97 Å². The fourth-order valence-electron chi connectivity index (χ4n) is 2.37. The maximum absolute atomic E-state index is 12.1. The van der Waals surface area contributed by atoms with Crippen LogP contribution in [0.25, 0.3) is 11.1 Å². The van der Waals surface area contributed by atoms with Crippen LogP contribution in [0.2, 0.25) is 0 Å². The zero-order valence-corrected chi connectivity index (χ0v) is 13.1. The van der Waals surface area contributed by atoms with Gasteiger partial charge in [-0.1, -0.05) is 30.3 Å². The zero-order chi connectivity index (χ0) is 16.1. The molecule has 0 saturated carbocycles. The minimum Gasteiger partial charge on any atom is -0.504 e. The molecule has 0 amide bonds. The fourth-order valence-corrected chi connectivity index (χ4v) is 2.37. The van der Waals surface area contributed by atoms with Crippen molar-refractivity contribution in [1.29, 1.82) is 0 Å². The van der Waals surface area contributed by atoms with E-state index in [4.69, 9.17) is 9.47 Å². The molecule has 0 heterocycles. The quantitative estimate of drug-likeness (QED) is 0.850. The second-order valence-electron chi connectivity index (χ2n) is 4.81. The number of rotatable bonds is 5. The first-order valence-corrected chi connectivity index (χ1v) is 7.32. The molecule has 4 nitrogen and oxygen atoms in total. The molecule has 1 N–H and O–H groups in total. The average molecular weight is 300 g/mol. The summed E-state index contributed by atoms with van der Waals surface area (Å²) >= 11 is 0. The van der Waals surface area contributed by atoms with Gasteiger partial charge in [-0.25, -0.2) is 4.79 Å². The van der Waals surface area contributed by atoms with Gasteiger partial charge in [-0.05, 0) is 38.0 Å². The average Bonchev–Trinajstić information content (AvgIpc) is 2.51. The first-order chi connectivity index (χ1) is 10.6. The molecule has 0 spiro atoms. The highest BCUT2D eigenvalue weighted by atomic mass is 16.5. The van der Waals surface area contributed by atoms with Crippen LogP contribution in [-0.2, 0) is 4.74 Å². The summed E-state index contributed by atoms with van der Waals surface area (Å²) in [6.07, 6.45) is 0. The molecule has 2 aromatic rings. The number of phenols is 1. The van der Waals surface area contributed by atoms with Crippen LogP contribution in [0.1, 0.15) is 29.8 Å². The Morgan fingerprint density at radius 2 is 1.82 bits per heavy atom. The number of phenolic OH excluding ortho intramolecular Hbond substituents is 1. The summed E-state index contributed by atoms with van der Waals surface area (Å²) in [5, 5.41) is 10.5. The van der Waals surface area contributed by atoms with E-state index < -0.39 is 5.97 Å². The second-order valence-corrected chi connectivity index (χ2v) is 4.81. The van der Waals surface area contributed by atoms with Gasteiger partial charge in [0.25, 0.3) is 0 Å². The molecular weight excluding hydrogens is 280 g/mol. The number of esters is 1. The Labute approximate surface area is 130 Å². The Morgan fingerprint density at radius 3 is 2.41 bits per heavy atom. The summed E-state index contributed by atoms with van der Waals surface area (Å²) in [5.74, 6) is -0.403. The van der Waals surface area contributed by atoms with Gasteiger partial charge in [0.05, 0.1) is 13.2 Å². The predicted molar refractivity (Wildman–Crippen MR) is 85.4 cm³/mol. The number of aromatic hydroxyl groups is 1. The third-order valence-corrected chi connectivity index (χ3v) is 3.30. The fraction of sp³-hybridized carbons (Fsp3) is 0.278.